The van der Waals surface area contributed by atoms with Crippen molar-refractivity contribution in [3.63, 3.8) is 0 Å². The van der Waals surface area contributed by atoms with Crippen LogP contribution in [0.25, 0.3) is 0 Å². The second kappa shape index (κ2) is 6.78. The number of para-hydroxylation sites is 1. The maximum absolute atomic E-state index is 12.9. The molecule has 1 aliphatic carbocycles. The molecule has 1 aromatic carbocycles. The van der Waals surface area contributed by atoms with Crippen molar-refractivity contribution in [3.05, 3.63) is 65.5 Å². The summed E-state index contributed by atoms with van der Waals surface area (Å²) < 4.78 is 4.01. The average Bonchev–Trinajstić information content (AvgIpc) is 3.23. The van der Waals surface area contributed by atoms with Crippen molar-refractivity contribution >= 4 is 11.6 Å². The van der Waals surface area contributed by atoms with Gasteiger partial charge >= 0.3 is 0 Å². The third kappa shape index (κ3) is 3.40. The lowest BCUT2D eigenvalue weighted by Crippen LogP contribution is -2.15. The second-order valence-corrected chi connectivity index (χ2v) is 7.04. The van der Waals surface area contributed by atoms with Crippen molar-refractivity contribution in [1.29, 1.82) is 0 Å². The summed E-state index contributed by atoms with van der Waals surface area (Å²) in [7, 11) is 0. The summed E-state index contributed by atoms with van der Waals surface area (Å²) in [5, 5.41) is 7.22. The molecule has 1 amide bonds. The number of carbonyl (C=O) groups excluding carboxylic acids is 1. The highest BCUT2D eigenvalue weighted by atomic mass is 16.1. The minimum Gasteiger partial charge on any atom is -0.348 e. The third-order valence-corrected chi connectivity index (χ3v) is 5.02. The Morgan fingerprint density at radius 1 is 1.27 bits per heavy atom. The van der Waals surface area contributed by atoms with E-state index in [0.29, 0.717) is 6.54 Å². The number of aromatic nitrogens is 4. The maximum atomic E-state index is 12.9. The number of hydrogen-bond donors (Lipinski definition) is 1. The van der Waals surface area contributed by atoms with Crippen molar-refractivity contribution < 1.29 is 4.79 Å². The zero-order valence-corrected chi connectivity index (χ0v) is 15.1. The number of hydrogen-bond acceptors (Lipinski definition) is 3. The molecule has 26 heavy (non-hydrogen) atoms. The van der Waals surface area contributed by atoms with E-state index >= 15 is 0 Å². The van der Waals surface area contributed by atoms with E-state index in [1.165, 1.54) is 19.2 Å². The van der Waals surface area contributed by atoms with Gasteiger partial charge in [0.15, 0.2) is 0 Å². The van der Waals surface area contributed by atoms with Crippen LogP contribution in [0.2, 0.25) is 0 Å². The predicted octanol–water partition coefficient (Wildman–Crippen LogP) is 3.41. The molecule has 134 valence electrons. The van der Waals surface area contributed by atoms with Gasteiger partial charge in [-0.1, -0.05) is 18.2 Å². The SMILES string of the molecule is Cc1cc(C(=O)Nc2ccccc2Cn2cncn2)c(C)n1CC1CC1. The molecule has 0 spiro atoms. The molecule has 0 saturated heterocycles. The highest BCUT2D eigenvalue weighted by molar-refractivity contribution is 6.05. The van der Waals surface area contributed by atoms with Crippen molar-refractivity contribution in [2.75, 3.05) is 5.32 Å². The molecule has 2 aromatic heterocycles. The largest absolute Gasteiger partial charge is 0.348 e. The summed E-state index contributed by atoms with van der Waals surface area (Å²) in [4.78, 5) is 16.9. The Hall–Kier alpha value is -2.89. The molecule has 1 fully saturated rings. The van der Waals surface area contributed by atoms with Gasteiger partial charge in [-0.25, -0.2) is 9.67 Å². The quantitative estimate of drug-likeness (QED) is 0.742. The normalized spacial score (nSPS) is 13.8. The number of nitrogens with one attached hydrogen (secondary N) is 1. The maximum Gasteiger partial charge on any atom is 0.257 e. The summed E-state index contributed by atoms with van der Waals surface area (Å²) in [6.07, 6.45) is 5.78. The summed E-state index contributed by atoms with van der Waals surface area (Å²) >= 11 is 0. The average molecular weight is 349 g/mol. The lowest BCUT2D eigenvalue weighted by atomic mass is 10.1. The predicted molar refractivity (Wildman–Crippen MR) is 100 cm³/mol. The van der Waals surface area contributed by atoms with Crippen LogP contribution >= 0.6 is 0 Å². The van der Waals surface area contributed by atoms with Gasteiger partial charge in [0, 0.05) is 23.6 Å². The minimum atomic E-state index is -0.0637. The zero-order valence-electron chi connectivity index (χ0n) is 15.1. The Morgan fingerprint density at radius 3 is 2.81 bits per heavy atom. The Morgan fingerprint density at radius 2 is 2.08 bits per heavy atom. The van der Waals surface area contributed by atoms with Gasteiger partial charge in [-0.3, -0.25) is 4.79 Å². The Labute approximate surface area is 152 Å². The number of rotatable bonds is 6. The fourth-order valence-corrected chi connectivity index (χ4v) is 3.33. The highest BCUT2D eigenvalue weighted by Crippen LogP contribution is 2.32. The van der Waals surface area contributed by atoms with Gasteiger partial charge in [-0.15, -0.1) is 0 Å². The topological polar surface area (TPSA) is 64.7 Å². The lowest BCUT2D eigenvalue weighted by molar-refractivity contribution is 0.102. The minimum absolute atomic E-state index is 0.0637. The Balaban J connectivity index is 1.55. The molecule has 0 radical (unpaired) electrons. The smallest absolute Gasteiger partial charge is 0.257 e. The van der Waals surface area contributed by atoms with Crippen molar-refractivity contribution in [2.45, 2.75) is 39.8 Å². The number of nitrogens with zero attached hydrogens (tertiary/aromatic N) is 4. The third-order valence-electron chi connectivity index (χ3n) is 5.02. The van der Waals surface area contributed by atoms with Crippen LogP contribution in [0.4, 0.5) is 5.69 Å². The van der Waals surface area contributed by atoms with Gasteiger partial charge < -0.3 is 9.88 Å². The van der Waals surface area contributed by atoms with Gasteiger partial charge in [0.2, 0.25) is 0 Å². The van der Waals surface area contributed by atoms with E-state index in [2.05, 4.69) is 26.9 Å². The standard InChI is InChI=1S/C20H23N5O/c1-14-9-18(15(2)25(14)10-16-7-8-16)20(26)23-19-6-4-3-5-17(19)11-24-13-21-12-22-24/h3-6,9,12-13,16H,7-8,10-11H2,1-2H3,(H,23,26). The van der Waals surface area contributed by atoms with Crippen LogP contribution in [0.1, 0.15) is 40.2 Å². The fourth-order valence-electron chi connectivity index (χ4n) is 3.33. The van der Waals surface area contributed by atoms with E-state index in [9.17, 15) is 4.79 Å². The van der Waals surface area contributed by atoms with E-state index in [1.54, 1.807) is 11.0 Å². The Bertz CT molecular complexity index is 922. The molecule has 1 N–H and O–H groups in total. The monoisotopic (exact) mass is 349 g/mol. The van der Waals surface area contributed by atoms with Gasteiger partial charge in [0.05, 0.1) is 12.1 Å². The van der Waals surface area contributed by atoms with E-state index in [0.717, 1.165) is 40.7 Å². The fraction of sp³-hybridized carbons (Fsp3) is 0.350. The van der Waals surface area contributed by atoms with Crippen LogP contribution < -0.4 is 5.32 Å². The molecule has 2 heterocycles. The van der Waals surface area contributed by atoms with Crippen LogP contribution in [-0.2, 0) is 13.1 Å². The molecule has 6 nitrogen and oxygen atoms in total. The first-order valence-corrected chi connectivity index (χ1v) is 9.00. The van der Waals surface area contributed by atoms with Crippen molar-refractivity contribution in [3.8, 4) is 0 Å². The molecule has 0 aliphatic heterocycles. The first kappa shape index (κ1) is 16.6. The molecule has 3 aromatic rings. The van der Waals surface area contributed by atoms with Gasteiger partial charge in [-0.2, -0.15) is 5.10 Å². The summed E-state index contributed by atoms with van der Waals surface area (Å²) in [6.45, 7) is 5.70. The molecule has 1 aliphatic rings. The van der Waals surface area contributed by atoms with Crippen LogP contribution in [-0.4, -0.2) is 25.2 Å². The number of carbonyl (C=O) groups is 1. The van der Waals surface area contributed by atoms with Gasteiger partial charge in [0.25, 0.3) is 5.91 Å². The highest BCUT2D eigenvalue weighted by Gasteiger charge is 2.24. The van der Waals surface area contributed by atoms with Crippen LogP contribution in [0.15, 0.2) is 43.0 Å². The van der Waals surface area contributed by atoms with Gasteiger partial charge in [0.1, 0.15) is 12.7 Å². The summed E-state index contributed by atoms with van der Waals surface area (Å²) in [5.74, 6) is 0.713. The number of amides is 1. The van der Waals surface area contributed by atoms with E-state index in [-0.39, 0.29) is 5.91 Å². The molecule has 0 unspecified atom stereocenters. The lowest BCUT2D eigenvalue weighted by Gasteiger charge is -2.12. The first-order valence-electron chi connectivity index (χ1n) is 9.00. The molecule has 1 saturated carbocycles. The summed E-state index contributed by atoms with van der Waals surface area (Å²) in [6, 6.07) is 9.80. The molecule has 0 bridgehead atoms. The van der Waals surface area contributed by atoms with Crippen LogP contribution in [0, 0.1) is 19.8 Å². The van der Waals surface area contributed by atoms with Crippen molar-refractivity contribution in [1.82, 2.24) is 19.3 Å². The molecule has 0 atom stereocenters. The molecule has 4 rings (SSSR count). The second-order valence-electron chi connectivity index (χ2n) is 7.04. The number of benzene rings is 1. The van der Waals surface area contributed by atoms with E-state index < -0.39 is 0 Å². The van der Waals surface area contributed by atoms with Crippen LogP contribution in [0.5, 0.6) is 0 Å². The number of aryl methyl sites for hydroxylation is 1. The first-order chi connectivity index (χ1) is 12.6. The van der Waals surface area contributed by atoms with E-state index in [4.69, 9.17) is 0 Å². The van der Waals surface area contributed by atoms with Crippen LogP contribution in [0.3, 0.4) is 0 Å². The summed E-state index contributed by atoms with van der Waals surface area (Å²) in [5.41, 5.74) is 4.74. The van der Waals surface area contributed by atoms with Crippen molar-refractivity contribution in [2.24, 2.45) is 5.92 Å². The van der Waals surface area contributed by atoms with E-state index in [1.807, 2.05) is 37.3 Å². The zero-order chi connectivity index (χ0) is 18.1. The molecular formula is C20H23N5O. The van der Waals surface area contributed by atoms with Gasteiger partial charge in [-0.05, 0) is 50.3 Å². The number of anilines is 1. The molecule has 6 heteroatoms. The molecular weight excluding hydrogens is 326 g/mol. The Kier molecular flexibility index (Phi) is 4.32.